The molecule has 27 heavy (non-hydrogen) atoms. The Kier molecular flexibility index (Phi) is 5.85. The number of hydrogen-bond acceptors (Lipinski definition) is 5. The Hall–Kier alpha value is -1.94. The van der Waals surface area contributed by atoms with E-state index in [-0.39, 0.29) is 17.2 Å². The van der Waals surface area contributed by atoms with E-state index in [1.54, 1.807) is 24.4 Å². The highest BCUT2D eigenvalue weighted by atomic mass is 127. The maximum Gasteiger partial charge on any atom is 0.282 e. The Bertz CT molecular complexity index is 1110. The molecule has 8 heteroatoms. The minimum atomic E-state index is -0.235. The largest absolute Gasteiger partial charge is 0.504 e. The SMILES string of the molecule is COc1cc(C=Nn2c(C(C)C)nc3ccc(Br)cc3c2=O)cc(I)c1O. The maximum atomic E-state index is 13.0. The van der Waals surface area contributed by atoms with Gasteiger partial charge in [0, 0.05) is 10.4 Å². The number of rotatable bonds is 4. The van der Waals surface area contributed by atoms with E-state index in [0.29, 0.717) is 31.6 Å². The van der Waals surface area contributed by atoms with E-state index in [2.05, 4.69) is 26.0 Å². The molecule has 0 radical (unpaired) electrons. The normalized spacial score (nSPS) is 11.6. The Morgan fingerprint density at radius 3 is 2.74 bits per heavy atom. The summed E-state index contributed by atoms with van der Waals surface area (Å²) in [6, 6.07) is 8.83. The van der Waals surface area contributed by atoms with E-state index in [0.717, 1.165) is 4.47 Å². The number of aromatic nitrogens is 2. The lowest BCUT2D eigenvalue weighted by molar-refractivity contribution is 0.371. The molecule has 3 aromatic rings. The molecule has 0 spiro atoms. The minimum Gasteiger partial charge on any atom is -0.504 e. The molecule has 0 atom stereocenters. The highest BCUT2D eigenvalue weighted by Gasteiger charge is 2.14. The van der Waals surface area contributed by atoms with E-state index >= 15 is 0 Å². The molecule has 0 unspecified atom stereocenters. The van der Waals surface area contributed by atoms with Gasteiger partial charge in [-0.1, -0.05) is 29.8 Å². The van der Waals surface area contributed by atoms with Crippen LogP contribution in [-0.2, 0) is 0 Å². The van der Waals surface area contributed by atoms with Gasteiger partial charge in [0.25, 0.3) is 5.56 Å². The second kappa shape index (κ2) is 7.97. The summed E-state index contributed by atoms with van der Waals surface area (Å²) in [5.74, 6) is 1.01. The second-order valence-electron chi connectivity index (χ2n) is 6.20. The van der Waals surface area contributed by atoms with Crippen LogP contribution in [0.4, 0.5) is 0 Å². The van der Waals surface area contributed by atoms with Crippen molar-refractivity contribution in [1.82, 2.24) is 9.66 Å². The van der Waals surface area contributed by atoms with Crippen LogP contribution in [0.5, 0.6) is 11.5 Å². The van der Waals surface area contributed by atoms with Crippen LogP contribution in [0.3, 0.4) is 0 Å². The summed E-state index contributed by atoms with van der Waals surface area (Å²) in [5, 5.41) is 14.8. The van der Waals surface area contributed by atoms with Gasteiger partial charge < -0.3 is 9.84 Å². The number of halogens is 2. The van der Waals surface area contributed by atoms with Crippen molar-refractivity contribution in [1.29, 1.82) is 0 Å². The number of benzene rings is 2. The molecule has 140 valence electrons. The van der Waals surface area contributed by atoms with Crippen molar-refractivity contribution in [2.75, 3.05) is 7.11 Å². The number of phenolic OH excluding ortho intramolecular Hbond substituents is 1. The third-order valence-electron chi connectivity index (χ3n) is 3.94. The third kappa shape index (κ3) is 4.01. The maximum absolute atomic E-state index is 13.0. The second-order valence-corrected chi connectivity index (χ2v) is 8.28. The lowest BCUT2D eigenvalue weighted by Crippen LogP contribution is -2.23. The molecule has 0 saturated carbocycles. The van der Waals surface area contributed by atoms with Crippen LogP contribution in [0.2, 0.25) is 0 Å². The molecule has 0 saturated heterocycles. The predicted molar refractivity (Wildman–Crippen MR) is 118 cm³/mol. The summed E-state index contributed by atoms with van der Waals surface area (Å²) in [5.41, 5.74) is 1.10. The van der Waals surface area contributed by atoms with Gasteiger partial charge in [-0.25, -0.2) is 4.98 Å². The molecule has 1 aromatic heterocycles. The summed E-state index contributed by atoms with van der Waals surface area (Å²) in [6.07, 6.45) is 1.56. The monoisotopic (exact) mass is 541 g/mol. The molecular weight excluding hydrogens is 525 g/mol. The summed E-state index contributed by atoms with van der Waals surface area (Å²) in [7, 11) is 1.48. The lowest BCUT2D eigenvalue weighted by Gasteiger charge is -2.12. The molecule has 0 aliphatic rings. The third-order valence-corrected chi connectivity index (χ3v) is 5.26. The van der Waals surface area contributed by atoms with Crippen molar-refractivity contribution in [3.63, 3.8) is 0 Å². The zero-order valence-electron chi connectivity index (χ0n) is 14.9. The van der Waals surface area contributed by atoms with E-state index in [1.807, 2.05) is 48.6 Å². The van der Waals surface area contributed by atoms with Gasteiger partial charge >= 0.3 is 0 Å². The van der Waals surface area contributed by atoms with E-state index in [1.165, 1.54) is 11.8 Å². The standard InChI is InChI=1S/C19H17BrIN3O3/c1-10(2)18-23-15-5-4-12(20)8-13(15)19(26)24(18)22-9-11-6-14(21)17(25)16(7-11)27-3/h4-10,25H,1-3H3. The van der Waals surface area contributed by atoms with Crippen molar-refractivity contribution in [3.05, 3.63) is 60.1 Å². The average molecular weight is 542 g/mol. The van der Waals surface area contributed by atoms with Crippen LogP contribution in [-0.4, -0.2) is 28.1 Å². The first kappa shape index (κ1) is 19.8. The van der Waals surface area contributed by atoms with Gasteiger partial charge in [-0.05, 0) is 58.5 Å². The number of nitrogens with zero attached hydrogens (tertiary/aromatic N) is 3. The predicted octanol–water partition coefficient (Wildman–Crippen LogP) is 4.48. The molecule has 1 N–H and O–H groups in total. The van der Waals surface area contributed by atoms with Gasteiger partial charge in [0.2, 0.25) is 0 Å². The fourth-order valence-corrected chi connectivity index (χ4v) is 3.59. The first-order chi connectivity index (χ1) is 12.8. The van der Waals surface area contributed by atoms with Crippen LogP contribution in [0, 0.1) is 3.57 Å². The first-order valence-corrected chi connectivity index (χ1v) is 10.0. The molecule has 0 bridgehead atoms. The number of ether oxygens (including phenoxy) is 1. The van der Waals surface area contributed by atoms with Crippen molar-refractivity contribution >= 4 is 55.6 Å². The van der Waals surface area contributed by atoms with Gasteiger partial charge in [0.1, 0.15) is 5.82 Å². The highest BCUT2D eigenvalue weighted by Crippen LogP contribution is 2.31. The smallest absolute Gasteiger partial charge is 0.282 e. The van der Waals surface area contributed by atoms with E-state index in [9.17, 15) is 9.90 Å². The Morgan fingerprint density at radius 1 is 1.33 bits per heavy atom. The van der Waals surface area contributed by atoms with Crippen LogP contribution in [0.25, 0.3) is 10.9 Å². The summed E-state index contributed by atoms with van der Waals surface area (Å²) in [4.78, 5) is 17.6. The highest BCUT2D eigenvalue weighted by molar-refractivity contribution is 14.1. The summed E-state index contributed by atoms with van der Waals surface area (Å²) in [6.45, 7) is 3.93. The van der Waals surface area contributed by atoms with Crippen LogP contribution >= 0.6 is 38.5 Å². The van der Waals surface area contributed by atoms with Gasteiger partial charge in [-0.2, -0.15) is 9.78 Å². The van der Waals surface area contributed by atoms with Crippen LogP contribution < -0.4 is 10.3 Å². The molecule has 0 amide bonds. The molecule has 2 aromatic carbocycles. The molecule has 1 heterocycles. The van der Waals surface area contributed by atoms with Crippen LogP contribution in [0.15, 0.2) is 44.7 Å². The zero-order chi connectivity index (χ0) is 19.7. The molecule has 0 aliphatic heterocycles. The lowest BCUT2D eigenvalue weighted by atomic mass is 10.2. The van der Waals surface area contributed by atoms with E-state index < -0.39 is 0 Å². The van der Waals surface area contributed by atoms with Crippen LogP contribution in [0.1, 0.15) is 31.2 Å². The molecule has 6 nitrogen and oxygen atoms in total. The average Bonchev–Trinajstić information content (AvgIpc) is 2.63. The zero-order valence-corrected chi connectivity index (χ0v) is 18.6. The van der Waals surface area contributed by atoms with Gasteiger partial charge in [-0.3, -0.25) is 4.79 Å². The Balaban J connectivity index is 2.17. The molecule has 0 aliphatic carbocycles. The summed E-state index contributed by atoms with van der Waals surface area (Å²) >= 11 is 5.41. The van der Waals surface area contributed by atoms with Gasteiger partial charge in [-0.15, -0.1) is 0 Å². The topological polar surface area (TPSA) is 76.7 Å². The minimum absolute atomic E-state index is 0.0115. The molecule has 0 fully saturated rings. The number of hydrogen-bond donors (Lipinski definition) is 1. The first-order valence-electron chi connectivity index (χ1n) is 8.15. The van der Waals surface area contributed by atoms with Crippen molar-refractivity contribution in [3.8, 4) is 11.5 Å². The number of aromatic hydroxyl groups is 1. The number of fused-ring (bicyclic) bond motifs is 1. The van der Waals surface area contributed by atoms with Crippen molar-refractivity contribution in [2.45, 2.75) is 19.8 Å². The fourth-order valence-electron chi connectivity index (χ4n) is 2.60. The quantitative estimate of drug-likeness (QED) is 0.390. The Labute approximate surface area is 178 Å². The van der Waals surface area contributed by atoms with Gasteiger partial charge in [0.15, 0.2) is 11.5 Å². The number of phenols is 1. The van der Waals surface area contributed by atoms with Crippen molar-refractivity contribution in [2.24, 2.45) is 5.10 Å². The number of methoxy groups -OCH3 is 1. The Morgan fingerprint density at radius 2 is 2.07 bits per heavy atom. The van der Waals surface area contributed by atoms with Gasteiger partial charge in [0.05, 0.1) is 27.8 Å². The summed E-state index contributed by atoms with van der Waals surface area (Å²) < 4.78 is 7.93. The van der Waals surface area contributed by atoms with Crippen molar-refractivity contribution < 1.29 is 9.84 Å². The molecular formula is C19H17BrIN3O3. The fraction of sp³-hybridized carbons (Fsp3) is 0.211. The van der Waals surface area contributed by atoms with E-state index in [4.69, 9.17) is 4.74 Å². The molecule has 3 rings (SSSR count).